The fourth-order valence-corrected chi connectivity index (χ4v) is 2.69. The molecule has 1 amide bonds. The third-order valence-electron chi connectivity index (χ3n) is 2.82. The molecule has 1 aromatic heterocycles. The van der Waals surface area contributed by atoms with Crippen LogP contribution in [0, 0.1) is 5.92 Å². The first kappa shape index (κ1) is 16.7. The van der Waals surface area contributed by atoms with Crippen molar-refractivity contribution in [2.45, 2.75) is 27.2 Å². The second-order valence-electron chi connectivity index (χ2n) is 4.48. The number of hydrogen-bond acceptors (Lipinski definition) is 5. The number of thiophene rings is 1. The second-order valence-corrected chi connectivity index (χ2v) is 5.61. The molecule has 1 aromatic rings. The number of rotatable bonds is 7. The third-order valence-corrected chi connectivity index (χ3v) is 4.02. The van der Waals surface area contributed by atoms with E-state index in [-0.39, 0.29) is 17.8 Å². The van der Waals surface area contributed by atoms with Crippen molar-refractivity contribution in [3.05, 3.63) is 16.5 Å². The lowest BCUT2D eigenvalue weighted by Gasteiger charge is -2.11. The molecule has 5 nitrogen and oxygen atoms in total. The Balaban J connectivity index is 2.90. The van der Waals surface area contributed by atoms with Crippen LogP contribution >= 0.6 is 11.3 Å². The van der Waals surface area contributed by atoms with E-state index >= 15 is 0 Å². The molecule has 0 bridgehead atoms. The molecule has 112 valence electrons. The van der Waals surface area contributed by atoms with Crippen LogP contribution in [0.25, 0.3) is 0 Å². The quantitative estimate of drug-likeness (QED) is 0.758. The molecule has 2 N–H and O–H groups in total. The number of carbonyl (C=O) groups is 2. The minimum atomic E-state index is -0.389. The maximum absolute atomic E-state index is 12.0. The van der Waals surface area contributed by atoms with Crippen LogP contribution < -0.4 is 10.6 Å². The van der Waals surface area contributed by atoms with Gasteiger partial charge in [0.25, 0.3) is 0 Å². The minimum absolute atomic E-state index is 0.102. The summed E-state index contributed by atoms with van der Waals surface area (Å²) in [5.41, 5.74) is 0.443. The lowest BCUT2D eigenvalue weighted by molar-refractivity contribution is -0.119. The van der Waals surface area contributed by atoms with E-state index in [2.05, 4.69) is 10.6 Å². The Morgan fingerprint density at radius 1 is 1.40 bits per heavy atom. The number of aryl methyl sites for hydroxylation is 1. The number of nitrogens with one attached hydrogen (secondary N) is 2. The summed E-state index contributed by atoms with van der Waals surface area (Å²) >= 11 is 1.42. The molecule has 0 radical (unpaired) electrons. The van der Waals surface area contributed by atoms with Crippen LogP contribution in [0.3, 0.4) is 0 Å². The zero-order valence-electron chi connectivity index (χ0n) is 12.4. The van der Waals surface area contributed by atoms with Crippen LogP contribution in [-0.2, 0) is 16.0 Å². The van der Waals surface area contributed by atoms with Crippen molar-refractivity contribution in [2.24, 2.45) is 5.92 Å². The van der Waals surface area contributed by atoms with E-state index in [4.69, 9.17) is 4.74 Å². The van der Waals surface area contributed by atoms with Gasteiger partial charge in [0.15, 0.2) is 0 Å². The maximum atomic E-state index is 12.0. The van der Waals surface area contributed by atoms with Crippen molar-refractivity contribution in [2.75, 3.05) is 25.5 Å². The number of esters is 1. The fraction of sp³-hybridized carbons (Fsp3) is 0.571. The predicted octanol–water partition coefficient (Wildman–Crippen LogP) is 2.28. The minimum Gasteiger partial charge on any atom is -0.462 e. The topological polar surface area (TPSA) is 67.4 Å². The molecule has 0 aliphatic carbocycles. The average molecular weight is 298 g/mol. The Morgan fingerprint density at radius 2 is 2.10 bits per heavy atom. The summed E-state index contributed by atoms with van der Waals surface area (Å²) in [5.74, 6) is -0.656. The van der Waals surface area contributed by atoms with Crippen LogP contribution in [0.1, 0.15) is 36.0 Å². The SMILES string of the molecule is CCOC(=O)c1cc(CC)sc1NC(=O)C(C)CNC. The van der Waals surface area contributed by atoms with Crippen molar-refractivity contribution in [1.82, 2.24) is 5.32 Å². The molecule has 0 saturated carbocycles. The molecule has 0 spiro atoms. The third kappa shape index (κ3) is 4.31. The van der Waals surface area contributed by atoms with Gasteiger partial charge in [-0.05, 0) is 26.5 Å². The van der Waals surface area contributed by atoms with Crippen molar-refractivity contribution >= 4 is 28.2 Å². The summed E-state index contributed by atoms with van der Waals surface area (Å²) in [6.07, 6.45) is 0.818. The van der Waals surface area contributed by atoms with Crippen molar-refractivity contribution in [1.29, 1.82) is 0 Å². The van der Waals surface area contributed by atoms with E-state index in [0.717, 1.165) is 11.3 Å². The molecule has 0 fully saturated rings. The van der Waals surface area contributed by atoms with Gasteiger partial charge in [-0.25, -0.2) is 4.79 Å². The Labute approximate surface area is 123 Å². The van der Waals surface area contributed by atoms with Crippen molar-refractivity contribution in [3.63, 3.8) is 0 Å². The summed E-state index contributed by atoms with van der Waals surface area (Å²) in [6.45, 7) is 6.52. The lowest BCUT2D eigenvalue weighted by atomic mass is 10.1. The first-order valence-corrected chi connectivity index (χ1v) is 7.60. The monoisotopic (exact) mass is 298 g/mol. The summed E-state index contributed by atoms with van der Waals surface area (Å²) in [5, 5.41) is 6.36. The molecule has 0 aromatic carbocycles. The Morgan fingerprint density at radius 3 is 2.65 bits per heavy atom. The molecule has 1 atom stereocenters. The predicted molar refractivity (Wildman–Crippen MR) is 81.4 cm³/mol. The van der Waals surface area contributed by atoms with Crippen molar-refractivity contribution < 1.29 is 14.3 Å². The maximum Gasteiger partial charge on any atom is 0.341 e. The average Bonchev–Trinajstić information content (AvgIpc) is 2.82. The summed E-state index contributed by atoms with van der Waals surface area (Å²) in [7, 11) is 1.80. The van der Waals surface area contributed by atoms with Gasteiger partial charge in [0.05, 0.1) is 12.2 Å². The molecule has 0 aliphatic heterocycles. The standard InChI is InChI=1S/C14H22N2O3S/c1-5-10-7-11(14(18)19-6-2)13(20-10)16-12(17)9(3)8-15-4/h7,9,15H,5-6,8H2,1-4H3,(H,16,17). The fourth-order valence-electron chi connectivity index (χ4n) is 1.70. The number of hydrogen-bond donors (Lipinski definition) is 2. The van der Waals surface area contributed by atoms with E-state index in [0.29, 0.717) is 23.7 Å². The molecular formula is C14H22N2O3S. The molecule has 1 heterocycles. The first-order chi connectivity index (χ1) is 9.53. The van der Waals surface area contributed by atoms with Gasteiger partial charge < -0.3 is 15.4 Å². The zero-order chi connectivity index (χ0) is 15.1. The van der Waals surface area contributed by atoms with Crippen LogP contribution in [0.4, 0.5) is 5.00 Å². The number of carbonyl (C=O) groups excluding carboxylic acids is 2. The van der Waals surface area contributed by atoms with Crippen molar-refractivity contribution in [3.8, 4) is 0 Å². The van der Waals surface area contributed by atoms with Gasteiger partial charge in [-0.3, -0.25) is 4.79 Å². The highest BCUT2D eigenvalue weighted by Crippen LogP contribution is 2.29. The summed E-state index contributed by atoms with van der Waals surface area (Å²) in [6, 6.07) is 1.79. The highest BCUT2D eigenvalue weighted by molar-refractivity contribution is 7.16. The van der Waals surface area contributed by atoms with E-state index in [9.17, 15) is 9.59 Å². The molecule has 1 unspecified atom stereocenters. The number of anilines is 1. The normalized spacial score (nSPS) is 12.0. The van der Waals surface area contributed by atoms with Crippen LogP contribution in [0.2, 0.25) is 0 Å². The molecule has 0 aliphatic rings. The molecular weight excluding hydrogens is 276 g/mol. The Hall–Kier alpha value is -1.40. The summed E-state index contributed by atoms with van der Waals surface area (Å²) in [4.78, 5) is 25.0. The number of ether oxygens (including phenoxy) is 1. The first-order valence-electron chi connectivity index (χ1n) is 6.78. The van der Waals surface area contributed by atoms with Gasteiger partial charge in [-0.1, -0.05) is 13.8 Å². The zero-order valence-corrected chi connectivity index (χ0v) is 13.2. The van der Waals surface area contributed by atoms with Gasteiger partial charge in [0.2, 0.25) is 5.91 Å². The van der Waals surface area contributed by atoms with E-state index in [1.54, 1.807) is 20.0 Å². The highest BCUT2D eigenvalue weighted by Gasteiger charge is 2.20. The van der Waals surface area contributed by atoms with Crippen LogP contribution in [0.5, 0.6) is 0 Å². The molecule has 20 heavy (non-hydrogen) atoms. The number of amides is 1. The lowest BCUT2D eigenvalue weighted by Crippen LogP contribution is -2.28. The summed E-state index contributed by atoms with van der Waals surface area (Å²) < 4.78 is 5.02. The van der Waals surface area contributed by atoms with Gasteiger partial charge in [-0.2, -0.15) is 0 Å². The van der Waals surface area contributed by atoms with Gasteiger partial charge in [0, 0.05) is 17.3 Å². The smallest absolute Gasteiger partial charge is 0.341 e. The largest absolute Gasteiger partial charge is 0.462 e. The highest BCUT2D eigenvalue weighted by atomic mass is 32.1. The van der Waals surface area contributed by atoms with Gasteiger partial charge >= 0.3 is 5.97 Å². The molecule has 6 heteroatoms. The molecule has 1 rings (SSSR count). The van der Waals surface area contributed by atoms with Crippen LogP contribution in [0.15, 0.2) is 6.07 Å². The Bertz CT molecular complexity index is 471. The van der Waals surface area contributed by atoms with E-state index in [1.807, 2.05) is 13.8 Å². The van der Waals surface area contributed by atoms with Crippen LogP contribution in [-0.4, -0.2) is 32.1 Å². The van der Waals surface area contributed by atoms with E-state index < -0.39 is 0 Å². The molecule has 0 saturated heterocycles. The Kier molecular flexibility index (Phi) is 6.67. The van der Waals surface area contributed by atoms with Gasteiger partial charge in [0.1, 0.15) is 5.00 Å². The van der Waals surface area contributed by atoms with Gasteiger partial charge in [-0.15, -0.1) is 11.3 Å². The van der Waals surface area contributed by atoms with E-state index in [1.165, 1.54) is 11.3 Å². The second kappa shape index (κ2) is 8.01.